The highest BCUT2D eigenvalue weighted by atomic mass is 16.3. The summed E-state index contributed by atoms with van der Waals surface area (Å²) in [7, 11) is 0. The molecule has 0 radical (unpaired) electrons. The predicted octanol–water partition coefficient (Wildman–Crippen LogP) is 1.51. The Morgan fingerprint density at radius 3 is 2.93 bits per heavy atom. The van der Waals surface area contributed by atoms with E-state index in [4.69, 9.17) is 0 Å². The molecule has 2 unspecified atom stereocenters. The molecule has 0 aromatic carbocycles. The van der Waals surface area contributed by atoms with Crippen LogP contribution >= 0.6 is 0 Å². The average Bonchev–Trinajstić information content (AvgIpc) is 2.69. The van der Waals surface area contributed by atoms with Crippen LogP contribution in [-0.4, -0.2) is 22.7 Å². The molecule has 0 bridgehead atoms. The van der Waals surface area contributed by atoms with E-state index in [0.29, 0.717) is 12.5 Å². The van der Waals surface area contributed by atoms with Crippen molar-refractivity contribution in [2.45, 2.75) is 32.9 Å². The second-order valence-electron chi connectivity index (χ2n) is 3.80. The highest BCUT2D eigenvalue weighted by molar-refractivity contribution is 5.07. The second kappa shape index (κ2) is 5.83. The van der Waals surface area contributed by atoms with Crippen molar-refractivity contribution in [2.24, 2.45) is 5.92 Å². The Morgan fingerprint density at radius 2 is 2.36 bits per heavy atom. The van der Waals surface area contributed by atoms with Crippen molar-refractivity contribution < 1.29 is 5.11 Å². The predicted molar refractivity (Wildman–Crippen MR) is 58.0 cm³/mol. The van der Waals surface area contributed by atoms with Crippen LogP contribution in [0.3, 0.4) is 0 Å². The van der Waals surface area contributed by atoms with Crippen LogP contribution in [0.5, 0.6) is 0 Å². The van der Waals surface area contributed by atoms with Crippen molar-refractivity contribution in [3.05, 3.63) is 24.0 Å². The summed E-state index contributed by atoms with van der Waals surface area (Å²) in [6.07, 6.45) is 4.65. The first-order chi connectivity index (χ1) is 6.74. The zero-order valence-electron chi connectivity index (χ0n) is 8.96. The summed E-state index contributed by atoms with van der Waals surface area (Å²) in [5.41, 5.74) is 1.22. The van der Waals surface area contributed by atoms with E-state index in [0.717, 1.165) is 13.0 Å². The van der Waals surface area contributed by atoms with Crippen LogP contribution in [0.4, 0.5) is 0 Å². The van der Waals surface area contributed by atoms with E-state index in [2.05, 4.69) is 24.1 Å². The van der Waals surface area contributed by atoms with E-state index in [1.54, 1.807) is 0 Å². The summed E-state index contributed by atoms with van der Waals surface area (Å²) >= 11 is 0. The Kier molecular flexibility index (Phi) is 4.70. The molecule has 1 heterocycles. The van der Waals surface area contributed by atoms with Crippen molar-refractivity contribution in [3.63, 3.8) is 0 Å². The van der Waals surface area contributed by atoms with Crippen molar-refractivity contribution in [2.75, 3.05) is 6.54 Å². The maximum absolute atomic E-state index is 9.68. The molecule has 0 aliphatic carbocycles. The minimum absolute atomic E-state index is 0.237. The van der Waals surface area contributed by atoms with Crippen LogP contribution in [0, 0.1) is 5.92 Å². The van der Waals surface area contributed by atoms with Crippen LogP contribution in [0.2, 0.25) is 0 Å². The molecule has 3 nitrogen and oxygen atoms in total. The molecule has 1 rings (SSSR count). The Morgan fingerprint density at radius 1 is 1.57 bits per heavy atom. The Hall–Kier alpha value is -0.800. The fourth-order valence-electron chi connectivity index (χ4n) is 1.31. The van der Waals surface area contributed by atoms with Gasteiger partial charge in [-0.25, -0.2) is 0 Å². The van der Waals surface area contributed by atoms with Gasteiger partial charge in [0.25, 0.3) is 0 Å². The van der Waals surface area contributed by atoms with Gasteiger partial charge in [-0.3, -0.25) is 0 Å². The summed E-state index contributed by atoms with van der Waals surface area (Å²) in [4.78, 5) is 3.00. The quantitative estimate of drug-likeness (QED) is 0.646. The molecular weight excluding hydrogens is 176 g/mol. The van der Waals surface area contributed by atoms with Gasteiger partial charge in [0.2, 0.25) is 0 Å². The van der Waals surface area contributed by atoms with Crippen molar-refractivity contribution in [1.82, 2.24) is 10.3 Å². The number of aromatic nitrogens is 1. The van der Waals surface area contributed by atoms with Gasteiger partial charge < -0.3 is 15.4 Å². The SMILES string of the molecule is CCC(C)C(O)CNCc1cc[nH]c1. The van der Waals surface area contributed by atoms with Gasteiger partial charge in [-0.1, -0.05) is 20.3 Å². The number of nitrogens with one attached hydrogen (secondary N) is 2. The fraction of sp³-hybridized carbons (Fsp3) is 0.636. The van der Waals surface area contributed by atoms with Crippen LogP contribution < -0.4 is 5.32 Å². The van der Waals surface area contributed by atoms with Gasteiger partial charge in [0, 0.05) is 25.5 Å². The Balaban J connectivity index is 2.15. The van der Waals surface area contributed by atoms with E-state index < -0.39 is 0 Å². The van der Waals surface area contributed by atoms with Gasteiger partial charge in [-0.2, -0.15) is 0 Å². The molecule has 1 aromatic heterocycles. The van der Waals surface area contributed by atoms with Gasteiger partial charge in [0.15, 0.2) is 0 Å². The van der Waals surface area contributed by atoms with Gasteiger partial charge in [-0.15, -0.1) is 0 Å². The zero-order valence-corrected chi connectivity index (χ0v) is 8.96. The fourth-order valence-corrected chi connectivity index (χ4v) is 1.31. The zero-order chi connectivity index (χ0) is 10.4. The average molecular weight is 196 g/mol. The third-order valence-corrected chi connectivity index (χ3v) is 2.65. The first-order valence-electron chi connectivity index (χ1n) is 5.24. The minimum atomic E-state index is -0.237. The van der Waals surface area contributed by atoms with E-state index in [9.17, 15) is 5.11 Å². The number of aliphatic hydroxyl groups is 1. The van der Waals surface area contributed by atoms with E-state index in [1.165, 1.54) is 5.56 Å². The third kappa shape index (κ3) is 3.52. The van der Waals surface area contributed by atoms with Gasteiger partial charge in [0.1, 0.15) is 0 Å². The molecule has 0 aliphatic rings. The highest BCUT2D eigenvalue weighted by Gasteiger charge is 2.10. The van der Waals surface area contributed by atoms with Crippen LogP contribution in [0.15, 0.2) is 18.5 Å². The van der Waals surface area contributed by atoms with Gasteiger partial charge >= 0.3 is 0 Å². The summed E-state index contributed by atoms with van der Waals surface area (Å²) in [6.45, 7) is 5.65. The molecular formula is C11H20N2O. The summed E-state index contributed by atoms with van der Waals surface area (Å²) in [5, 5.41) is 12.9. The second-order valence-corrected chi connectivity index (χ2v) is 3.80. The van der Waals surface area contributed by atoms with Crippen LogP contribution in [0.1, 0.15) is 25.8 Å². The molecule has 0 saturated carbocycles. The number of rotatable bonds is 6. The van der Waals surface area contributed by atoms with Crippen LogP contribution in [-0.2, 0) is 6.54 Å². The number of aromatic amines is 1. The molecule has 0 spiro atoms. The lowest BCUT2D eigenvalue weighted by Crippen LogP contribution is -2.31. The molecule has 80 valence electrons. The lowest BCUT2D eigenvalue weighted by molar-refractivity contribution is 0.113. The van der Waals surface area contributed by atoms with Crippen molar-refractivity contribution in [1.29, 1.82) is 0 Å². The normalized spacial score (nSPS) is 15.4. The Bertz CT molecular complexity index is 233. The third-order valence-electron chi connectivity index (χ3n) is 2.65. The summed E-state index contributed by atoms with van der Waals surface area (Å²) < 4.78 is 0. The van der Waals surface area contributed by atoms with Gasteiger partial charge in [0.05, 0.1) is 6.10 Å². The molecule has 0 fully saturated rings. The topological polar surface area (TPSA) is 48.0 Å². The minimum Gasteiger partial charge on any atom is -0.392 e. The standard InChI is InChI=1S/C11H20N2O/c1-3-9(2)11(14)8-13-7-10-4-5-12-6-10/h4-6,9,11-14H,3,7-8H2,1-2H3. The monoisotopic (exact) mass is 196 g/mol. The molecule has 2 atom stereocenters. The summed E-state index contributed by atoms with van der Waals surface area (Å²) in [6, 6.07) is 2.03. The molecule has 3 heteroatoms. The van der Waals surface area contributed by atoms with E-state index in [1.807, 2.05) is 18.5 Å². The smallest absolute Gasteiger partial charge is 0.0690 e. The molecule has 0 saturated heterocycles. The number of hydrogen-bond donors (Lipinski definition) is 3. The first kappa shape index (κ1) is 11.3. The molecule has 0 aliphatic heterocycles. The lowest BCUT2D eigenvalue weighted by Gasteiger charge is -2.17. The molecule has 3 N–H and O–H groups in total. The molecule has 14 heavy (non-hydrogen) atoms. The van der Waals surface area contributed by atoms with Crippen molar-refractivity contribution in [3.8, 4) is 0 Å². The van der Waals surface area contributed by atoms with Gasteiger partial charge in [-0.05, 0) is 17.5 Å². The molecule has 1 aromatic rings. The van der Waals surface area contributed by atoms with Crippen LogP contribution in [0.25, 0.3) is 0 Å². The lowest BCUT2D eigenvalue weighted by atomic mass is 10.0. The number of aliphatic hydroxyl groups excluding tert-OH is 1. The number of H-pyrrole nitrogens is 1. The summed E-state index contributed by atoms with van der Waals surface area (Å²) in [5.74, 6) is 0.369. The molecule has 0 amide bonds. The largest absolute Gasteiger partial charge is 0.392 e. The maximum atomic E-state index is 9.68. The van der Waals surface area contributed by atoms with E-state index >= 15 is 0 Å². The Labute approximate surface area is 85.5 Å². The first-order valence-corrected chi connectivity index (χ1v) is 5.24. The highest BCUT2D eigenvalue weighted by Crippen LogP contribution is 2.06. The van der Waals surface area contributed by atoms with Crippen molar-refractivity contribution >= 4 is 0 Å². The van der Waals surface area contributed by atoms with E-state index in [-0.39, 0.29) is 6.10 Å². The number of hydrogen-bond acceptors (Lipinski definition) is 2. The maximum Gasteiger partial charge on any atom is 0.0690 e.